The average Bonchev–Trinajstić information content (AvgIpc) is 2.46. The summed E-state index contributed by atoms with van der Waals surface area (Å²) in [6.07, 6.45) is 1.67. The molecule has 1 aromatic rings. The smallest absolute Gasteiger partial charge is 0.0807 e. The Balaban J connectivity index is 2.33. The highest BCUT2D eigenvalue weighted by Gasteiger charge is 2.27. The van der Waals surface area contributed by atoms with Crippen LogP contribution in [0, 0.1) is 0 Å². The summed E-state index contributed by atoms with van der Waals surface area (Å²) in [5.74, 6) is 0. The Morgan fingerprint density at radius 3 is 2.79 bits per heavy atom. The third-order valence-corrected chi connectivity index (χ3v) is 3.93. The van der Waals surface area contributed by atoms with Crippen molar-refractivity contribution in [3.8, 4) is 0 Å². The van der Waals surface area contributed by atoms with E-state index >= 15 is 0 Å². The number of hydrogen-bond donors (Lipinski definition) is 1. The van der Waals surface area contributed by atoms with E-state index < -0.39 is 0 Å². The summed E-state index contributed by atoms with van der Waals surface area (Å²) in [6, 6.07) is 8.61. The molecule has 2 rings (SSSR count). The molecule has 3 heteroatoms. The van der Waals surface area contributed by atoms with Gasteiger partial charge in [0.25, 0.3) is 0 Å². The van der Waals surface area contributed by atoms with Gasteiger partial charge < -0.3 is 14.7 Å². The lowest BCUT2D eigenvalue weighted by Crippen LogP contribution is -2.49. The number of morpholine rings is 1. The van der Waals surface area contributed by atoms with Gasteiger partial charge in [-0.3, -0.25) is 0 Å². The molecule has 3 nitrogen and oxygen atoms in total. The van der Waals surface area contributed by atoms with E-state index in [1.54, 1.807) is 0 Å². The third-order valence-electron chi connectivity index (χ3n) is 3.93. The van der Waals surface area contributed by atoms with E-state index in [0.29, 0.717) is 6.04 Å². The minimum absolute atomic E-state index is 0.245. The van der Waals surface area contributed by atoms with Crippen LogP contribution in [0.25, 0.3) is 0 Å². The molecule has 0 radical (unpaired) electrons. The number of aliphatic hydroxyl groups excluding tert-OH is 1. The summed E-state index contributed by atoms with van der Waals surface area (Å²) >= 11 is 0. The molecule has 106 valence electrons. The van der Waals surface area contributed by atoms with Gasteiger partial charge in [0.15, 0.2) is 0 Å². The van der Waals surface area contributed by atoms with Gasteiger partial charge >= 0.3 is 0 Å². The van der Waals surface area contributed by atoms with Gasteiger partial charge in [-0.05, 0) is 25.8 Å². The molecule has 0 aliphatic carbocycles. The quantitative estimate of drug-likeness (QED) is 0.906. The van der Waals surface area contributed by atoms with Crippen LogP contribution in [-0.4, -0.2) is 30.4 Å². The summed E-state index contributed by atoms with van der Waals surface area (Å²) in [5, 5.41) is 10.2. The van der Waals surface area contributed by atoms with Crippen LogP contribution in [0.2, 0.25) is 0 Å². The molecule has 1 heterocycles. The van der Waals surface area contributed by atoms with Crippen molar-refractivity contribution in [3.63, 3.8) is 0 Å². The minimum atomic E-state index is -0.383. The predicted octanol–water partition coefficient (Wildman–Crippen LogP) is 3.13. The first-order valence-electron chi connectivity index (χ1n) is 7.32. The molecule has 1 aliphatic rings. The second-order valence-corrected chi connectivity index (χ2v) is 5.34. The second kappa shape index (κ2) is 6.40. The summed E-state index contributed by atoms with van der Waals surface area (Å²) in [4.78, 5) is 2.41. The third kappa shape index (κ3) is 3.10. The van der Waals surface area contributed by atoms with Crippen LogP contribution in [0.1, 0.15) is 45.3 Å². The number of rotatable bonds is 4. The van der Waals surface area contributed by atoms with E-state index in [4.69, 9.17) is 4.74 Å². The average molecular weight is 263 g/mol. The molecule has 1 aromatic carbocycles. The Kier molecular flexibility index (Phi) is 4.83. The largest absolute Gasteiger partial charge is 0.388 e. The van der Waals surface area contributed by atoms with Crippen molar-refractivity contribution >= 4 is 5.69 Å². The van der Waals surface area contributed by atoms with Crippen molar-refractivity contribution in [3.05, 3.63) is 29.8 Å². The fourth-order valence-corrected chi connectivity index (χ4v) is 2.73. The first-order valence-corrected chi connectivity index (χ1v) is 7.32. The predicted molar refractivity (Wildman–Crippen MR) is 78.5 cm³/mol. The molecule has 19 heavy (non-hydrogen) atoms. The number of ether oxygens (including phenoxy) is 1. The molecule has 1 saturated heterocycles. The van der Waals surface area contributed by atoms with Crippen LogP contribution in [0.15, 0.2) is 24.3 Å². The lowest BCUT2D eigenvalue weighted by atomic mass is 10.0. The first kappa shape index (κ1) is 14.4. The van der Waals surface area contributed by atoms with Crippen LogP contribution < -0.4 is 4.90 Å². The fourth-order valence-electron chi connectivity index (χ4n) is 2.73. The summed E-state index contributed by atoms with van der Waals surface area (Å²) in [6.45, 7) is 7.98. The maximum atomic E-state index is 10.2. The van der Waals surface area contributed by atoms with Gasteiger partial charge in [-0.2, -0.15) is 0 Å². The van der Waals surface area contributed by atoms with Crippen molar-refractivity contribution in [2.24, 2.45) is 0 Å². The standard InChI is InChI=1S/C16H25NO2/c1-4-13-11-19-12(3)10-17(13)15-9-7-6-8-14(15)16(18)5-2/h6-9,12-13,16,18H,4-5,10-11H2,1-3H3. The monoisotopic (exact) mass is 263 g/mol. The molecule has 0 aromatic heterocycles. The molecule has 0 spiro atoms. The van der Waals surface area contributed by atoms with Gasteiger partial charge in [-0.1, -0.05) is 32.0 Å². The molecule has 0 bridgehead atoms. The zero-order valence-electron chi connectivity index (χ0n) is 12.2. The van der Waals surface area contributed by atoms with Gasteiger partial charge in [0.1, 0.15) is 0 Å². The Morgan fingerprint density at radius 1 is 1.37 bits per heavy atom. The number of benzene rings is 1. The molecule has 3 atom stereocenters. The van der Waals surface area contributed by atoms with E-state index in [9.17, 15) is 5.11 Å². The summed E-state index contributed by atoms with van der Waals surface area (Å²) in [7, 11) is 0. The molecule has 0 amide bonds. The molecule has 0 saturated carbocycles. The van der Waals surface area contributed by atoms with Crippen LogP contribution in [0.5, 0.6) is 0 Å². The number of anilines is 1. The Labute approximate surface area is 116 Å². The van der Waals surface area contributed by atoms with Gasteiger partial charge in [0, 0.05) is 17.8 Å². The van der Waals surface area contributed by atoms with Gasteiger partial charge in [-0.25, -0.2) is 0 Å². The van der Waals surface area contributed by atoms with Crippen LogP contribution in [-0.2, 0) is 4.74 Å². The highest BCUT2D eigenvalue weighted by atomic mass is 16.5. The maximum absolute atomic E-state index is 10.2. The number of aliphatic hydroxyl groups is 1. The Hall–Kier alpha value is -1.06. The van der Waals surface area contributed by atoms with Crippen molar-refractivity contribution < 1.29 is 9.84 Å². The number of para-hydroxylation sites is 1. The topological polar surface area (TPSA) is 32.7 Å². The van der Waals surface area contributed by atoms with Crippen LogP contribution in [0.3, 0.4) is 0 Å². The molecular formula is C16H25NO2. The van der Waals surface area contributed by atoms with Crippen LogP contribution >= 0.6 is 0 Å². The van der Waals surface area contributed by atoms with E-state index in [0.717, 1.165) is 31.6 Å². The lowest BCUT2D eigenvalue weighted by Gasteiger charge is -2.41. The molecule has 1 aliphatic heterocycles. The lowest BCUT2D eigenvalue weighted by molar-refractivity contribution is 0.0296. The van der Waals surface area contributed by atoms with E-state index in [2.05, 4.69) is 24.8 Å². The first-order chi connectivity index (χ1) is 9.17. The van der Waals surface area contributed by atoms with Crippen molar-refractivity contribution in [1.82, 2.24) is 0 Å². The fraction of sp³-hybridized carbons (Fsp3) is 0.625. The Bertz CT molecular complexity index is 407. The van der Waals surface area contributed by atoms with Crippen molar-refractivity contribution in [2.45, 2.75) is 51.9 Å². The van der Waals surface area contributed by atoms with E-state index in [1.165, 1.54) is 5.69 Å². The van der Waals surface area contributed by atoms with Gasteiger partial charge in [-0.15, -0.1) is 0 Å². The molecule has 1 fully saturated rings. The molecular weight excluding hydrogens is 238 g/mol. The molecule has 3 unspecified atom stereocenters. The van der Waals surface area contributed by atoms with Crippen LogP contribution in [0.4, 0.5) is 5.69 Å². The second-order valence-electron chi connectivity index (χ2n) is 5.34. The SMILES string of the molecule is CCC(O)c1ccccc1N1CC(C)OCC1CC. The Morgan fingerprint density at radius 2 is 2.11 bits per heavy atom. The highest BCUT2D eigenvalue weighted by molar-refractivity contribution is 5.56. The minimum Gasteiger partial charge on any atom is -0.388 e. The summed E-state index contributed by atoms with van der Waals surface area (Å²) < 4.78 is 5.76. The number of hydrogen-bond acceptors (Lipinski definition) is 3. The highest BCUT2D eigenvalue weighted by Crippen LogP contribution is 2.31. The molecule has 1 N–H and O–H groups in total. The van der Waals surface area contributed by atoms with E-state index in [-0.39, 0.29) is 12.2 Å². The van der Waals surface area contributed by atoms with Crippen molar-refractivity contribution in [2.75, 3.05) is 18.1 Å². The van der Waals surface area contributed by atoms with Crippen molar-refractivity contribution in [1.29, 1.82) is 0 Å². The van der Waals surface area contributed by atoms with Gasteiger partial charge in [0.05, 0.1) is 24.9 Å². The zero-order chi connectivity index (χ0) is 13.8. The summed E-state index contributed by atoms with van der Waals surface area (Å²) in [5.41, 5.74) is 2.20. The normalized spacial score (nSPS) is 25.4. The van der Waals surface area contributed by atoms with E-state index in [1.807, 2.05) is 25.1 Å². The maximum Gasteiger partial charge on any atom is 0.0807 e. The zero-order valence-corrected chi connectivity index (χ0v) is 12.2. The van der Waals surface area contributed by atoms with Gasteiger partial charge in [0.2, 0.25) is 0 Å². The number of nitrogens with zero attached hydrogens (tertiary/aromatic N) is 1.